The Balaban J connectivity index is 2.54. The molecule has 2 amide bonds. The lowest BCUT2D eigenvalue weighted by atomic mass is 10.1. The quantitative estimate of drug-likeness (QED) is 0.581. The Morgan fingerprint density at radius 3 is 2.36 bits per heavy atom. The van der Waals surface area contributed by atoms with Gasteiger partial charge in [0.05, 0.1) is 6.54 Å². The fourth-order valence-corrected chi connectivity index (χ4v) is 1.90. The van der Waals surface area contributed by atoms with Crippen LogP contribution in [0.3, 0.4) is 0 Å². The summed E-state index contributed by atoms with van der Waals surface area (Å²) in [5, 5.41) is 17.0. The zero-order valence-corrected chi connectivity index (χ0v) is 12.7. The first-order valence-corrected chi connectivity index (χ1v) is 7.06. The van der Waals surface area contributed by atoms with Crippen LogP contribution in [-0.4, -0.2) is 35.5 Å². The summed E-state index contributed by atoms with van der Waals surface area (Å²) in [6, 6.07) is 5.98. The molecule has 1 atom stereocenters. The largest absolute Gasteiger partial charge is 0.480 e. The number of nitrogens with one attached hydrogen (secondary N) is 3. The van der Waals surface area contributed by atoms with E-state index >= 15 is 0 Å². The van der Waals surface area contributed by atoms with Crippen molar-refractivity contribution in [1.29, 1.82) is 0 Å². The van der Waals surface area contributed by atoms with Gasteiger partial charge in [-0.05, 0) is 24.6 Å². The fraction of sp³-hybridized carbons (Fsp3) is 0.400. The second-order valence-electron chi connectivity index (χ2n) is 4.87. The average molecular weight is 307 g/mol. The predicted molar refractivity (Wildman–Crippen MR) is 83.7 cm³/mol. The van der Waals surface area contributed by atoms with Gasteiger partial charge in [0, 0.05) is 18.3 Å². The van der Waals surface area contributed by atoms with Gasteiger partial charge in [-0.3, -0.25) is 19.7 Å². The number of carboxylic acids is 1. The number of hydrogen-bond donors (Lipinski definition) is 4. The van der Waals surface area contributed by atoms with Crippen LogP contribution in [0.15, 0.2) is 24.3 Å². The summed E-state index contributed by atoms with van der Waals surface area (Å²) in [6.07, 6.45) is 1.17. The minimum Gasteiger partial charge on any atom is -0.480 e. The lowest BCUT2D eigenvalue weighted by molar-refractivity contribution is -0.139. The SMILES string of the molecule is CCCC(NCC(=O)Nc1cccc(NC(C)=O)c1)C(=O)O. The number of carbonyl (C=O) groups excluding carboxylic acids is 2. The lowest BCUT2D eigenvalue weighted by Crippen LogP contribution is -2.41. The standard InChI is InChI=1S/C15H21N3O4/c1-3-5-13(15(21)22)16-9-14(20)18-12-7-4-6-11(8-12)17-10(2)19/h4,6-8,13,16H,3,5,9H2,1-2H3,(H,17,19)(H,18,20)(H,21,22). The van der Waals surface area contributed by atoms with Crippen molar-refractivity contribution in [3.63, 3.8) is 0 Å². The van der Waals surface area contributed by atoms with E-state index < -0.39 is 12.0 Å². The van der Waals surface area contributed by atoms with E-state index in [2.05, 4.69) is 16.0 Å². The molecule has 0 fully saturated rings. The summed E-state index contributed by atoms with van der Waals surface area (Å²) in [4.78, 5) is 33.8. The number of benzene rings is 1. The van der Waals surface area contributed by atoms with E-state index in [1.165, 1.54) is 6.92 Å². The van der Waals surface area contributed by atoms with Crippen molar-refractivity contribution in [2.45, 2.75) is 32.7 Å². The summed E-state index contributed by atoms with van der Waals surface area (Å²) < 4.78 is 0. The van der Waals surface area contributed by atoms with Crippen LogP contribution in [0.1, 0.15) is 26.7 Å². The van der Waals surface area contributed by atoms with Crippen LogP contribution in [0.2, 0.25) is 0 Å². The van der Waals surface area contributed by atoms with Gasteiger partial charge in [0.2, 0.25) is 11.8 Å². The monoisotopic (exact) mass is 307 g/mol. The highest BCUT2D eigenvalue weighted by Gasteiger charge is 2.16. The van der Waals surface area contributed by atoms with E-state index in [1.807, 2.05) is 6.92 Å². The molecule has 120 valence electrons. The van der Waals surface area contributed by atoms with Crippen LogP contribution < -0.4 is 16.0 Å². The highest BCUT2D eigenvalue weighted by molar-refractivity contribution is 5.94. The average Bonchev–Trinajstić information content (AvgIpc) is 2.42. The zero-order chi connectivity index (χ0) is 16.5. The molecule has 0 heterocycles. The third kappa shape index (κ3) is 6.36. The number of aliphatic carboxylic acids is 1. The maximum absolute atomic E-state index is 11.8. The molecule has 0 aliphatic heterocycles. The summed E-state index contributed by atoms with van der Waals surface area (Å²) in [5.41, 5.74) is 1.10. The Labute approximate surface area is 129 Å². The molecule has 0 saturated carbocycles. The van der Waals surface area contributed by atoms with Crippen LogP contribution in [0.4, 0.5) is 11.4 Å². The Kier molecular flexibility index (Phi) is 7.04. The molecule has 0 radical (unpaired) electrons. The van der Waals surface area contributed by atoms with Crippen molar-refractivity contribution in [2.75, 3.05) is 17.2 Å². The van der Waals surface area contributed by atoms with Gasteiger partial charge in [-0.25, -0.2) is 0 Å². The molecule has 4 N–H and O–H groups in total. The third-order valence-corrected chi connectivity index (χ3v) is 2.85. The van der Waals surface area contributed by atoms with Gasteiger partial charge in [-0.15, -0.1) is 0 Å². The molecule has 1 rings (SSSR count). The van der Waals surface area contributed by atoms with Crippen LogP contribution in [0.5, 0.6) is 0 Å². The molecule has 0 spiro atoms. The molecule has 0 saturated heterocycles. The summed E-state index contributed by atoms with van der Waals surface area (Å²) in [7, 11) is 0. The van der Waals surface area contributed by atoms with Crippen molar-refractivity contribution < 1.29 is 19.5 Å². The molecule has 22 heavy (non-hydrogen) atoms. The van der Waals surface area contributed by atoms with E-state index in [9.17, 15) is 14.4 Å². The molecular formula is C15H21N3O4. The van der Waals surface area contributed by atoms with Crippen molar-refractivity contribution in [3.8, 4) is 0 Å². The van der Waals surface area contributed by atoms with E-state index in [-0.39, 0.29) is 18.4 Å². The van der Waals surface area contributed by atoms with Gasteiger partial charge in [-0.1, -0.05) is 19.4 Å². The second-order valence-corrected chi connectivity index (χ2v) is 4.87. The minimum absolute atomic E-state index is 0.0959. The van der Waals surface area contributed by atoms with Crippen molar-refractivity contribution in [3.05, 3.63) is 24.3 Å². The summed E-state index contributed by atoms with van der Waals surface area (Å²) >= 11 is 0. The number of amides is 2. The topological polar surface area (TPSA) is 108 Å². The van der Waals surface area contributed by atoms with Crippen molar-refractivity contribution in [1.82, 2.24) is 5.32 Å². The first kappa shape index (κ1) is 17.6. The Bertz CT molecular complexity index is 545. The predicted octanol–water partition coefficient (Wildman–Crippen LogP) is 1.43. The van der Waals surface area contributed by atoms with E-state index in [1.54, 1.807) is 24.3 Å². The van der Waals surface area contributed by atoms with E-state index in [0.717, 1.165) is 0 Å². The fourth-order valence-electron chi connectivity index (χ4n) is 1.90. The number of hydrogen-bond acceptors (Lipinski definition) is 4. The molecule has 0 aromatic heterocycles. The van der Waals surface area contributed by atoms with Gasteiger partial charge >= 0.3 is 5.97 Å². The second kappa shape index (κ2) is 8.78. The number of rotatable bonds is 8. The molecule has 7 nitrogen and oxygen atoms in total. The molecule has 0 bridgehead atoms. The smallest absolute Gasteiger partial charge is 0.320 e. The van der Waals surface area contributed by atoms with E-state index in [0.29, 0.717) is 24.2 Å². The van der Waals surface area contributed by atoms with Crippen molar-refractivity contribution in [2.24, 2.45) is 0 Å². The van der Waals surface area contributed by atoms with Crippen LogP contribution in [-0.2, 0) is 14.4 Å². The highest BCUT2D eigenvalue weighted by atomic mass is 16.4. The van der Waals surface area contributed by atoms with E-state index in [4.69, 9.17) is 5.11 Å². The molecule has 1 aromatic carbocycles. The van der Waals surface area contributed by atoms with Gasteiger partial charge in [0.15, 0.2) is 0 Å². The summed E-state index contributed by atoms with van der Waals surface area (Å²) in [5.74, 6) is -1.52. The Hall–Kier alpha value is -2.41. The normalized spacial score (nSPS) is 11.5. The molecule has 1 unspecified atom stereocenters. The lowest BCUT2D eigenvalue weighted by Gasteiger charge is -2.13. The van der Waals surface area contributed by atoms with Gasteiger partial charge in [0.1, 0.15) is 6.04 Å². The molecule has 1 aromatic rings. The summed E-state index contributed by atoms with van der Waals surface area (Å²) in [6.45, 7) is 3.18. The van der Waals surface area contributed by atoms with Gasteiger partial charge < -0.3 is 15.7 Å². The Morgan fingerprint density at radius 2 is 1.82 bits per heavy atom. The number of carboxylic acid groups (broad SMARTS) is 1. The minimum atomic E-state index is -0.970. The number of carbonyl (C=O) groups is 3. The van der Waals surface area contributed by atoms with Crippen LogP contribution in [0, 0.1) is 0 Å². The Morgan fingerprint density at radius 1 is 1.18 bits per heavy atom. The van der Waals surface area contributed by atoms with Crippen LogP contribution >= 0.6 is 0 Å². The molecule has 7 heteroatoms. The highest BCUT2D eigenvalue weighted by Crippen LogP contribution is 2.14. The number of anilines is 2. The molecule has 0 aliphatic rings. The third-order valence-electron chi connectivity index (χ3n) is 2.85. The van der Waals surface area contributed by atoms with Gasteiger partial charge in [0.25, 0.3) is 0 Å². The van der Waals surface area contributed by atoms with Crippen LogP contribution in [0.25, 0.3) is 0 Å². The molecular weight excluding hydrogens is 286 g/mol. The maximum atomic E-state index is 11.8. The first-order valence-electron chi connectivity index (χ1n) is 7.06. The first-order chi connectivity index (χ1) is 10.4. The van der Waals surface area contributed by atoms with Gasteiger partial charge in [-0.2, -0.15) is 0 Å². The maximum Gasteiger partial charge on any atom is 0.320 e. The van der Waals surface area contributed by atoms with Crippen molar-refractivity contribution >= 4 is 29.2 Å². The zero-order valence-electron chi connectivity index (χ0n) is 12.7. The molecule has 0 aliphatic carbocycles.